The normalized spacial score (nSPS) is 11.6. The van der Waals surface area contributed by atoms with Crippen LogP contribution in [0.15, 0.2) is 35.2 Å². The Kier molecular flexibility index (Phi) is 4.39. The van der Waals surface area contributed by atoms with E-state index in [1.807, 2.05) is 30.3 Å². The van der Waals surface area contributed by atoms with Crippen LogP contribution in [0.3, 0.4) is 0 Å². The van der Waals surface area contributed by atoms with E-state index in [9.17, 15) is 12.9 Å². The Morgan fingerprint density at radius 2 is 1.71 bits per heavy atom. The molecule has 14 heavy (non-hydrogen) atoms. The fourth-order valence-corrected chi connectivity index (χ4v) is 1.92. The Labute approximate surface area is 86.0 Å². The Balaban J connectivity index is 2.17. The van der Waals surface area contributed by atoms with Crippen molar-refractivity contribution in [3.63, 3.8) is 0 Å². The van der Waals surface area contributed by atoms with Crippen molar-refractivity contribution in [2.45, 2.75) is 17.6 Å². The van der Waals surface area contributed by atoms with Gasteiger partial charge < -0.3 is 12.9 Å². The van der Waals surface area contributed by atoms with E-state index in [4.69, 9.17) is 0 Å². The van der Waals surface area contributed by atoms with Crippen molar-refractivity contribution < 1.29 is 12.9 Å². The first-order valence-corrected chi connectivity index (χ1v) is 5.45. The van der Waals surface area contributed by atoms with Gasteiger partial charge in [0.25, 0.3) is 0 Å². The van der Waals surface area contributed by atoms with Crippen molar-refractivity contribution in [3.05, 3.63) is 30.3 Å². The van der Waals surface area contributed by atoms with E-state index in [1.165, 1.54) is 11.8 Å². The summed E-state index contributed by atoms with van der Waals surface area (Å²) in [6, 6.07) is 9.47. The molecule has 0 amide bonds. The van der Waals surface area contributed by atoms with Gasteiger partial charge in [0.05, 0.1) is 0 Å². The molecule has 0 aromatic heterocycles. The van der Waals surface area contributed by atoms with E-state index in [2.05, 4.69) is 0 Å². The summed E-state index contributed by atoms with van der Waals surface area (Å²) in [5, 5.41) is 0. The summed E-state index contributed by atoms with van der Waals surface area (Å²) in [5.74, 6) is 0.533. The Bertz CT molecular complexity index is 261. The van der Waals surface area contributed by atoms with E-state index in [0.717, 1.165) is 4.90 Å². The predicted molar refractivity (Wildman–Crippen MR) is 55.7 cm³/mol. The molecule has 0 aliphatic rings. The largest absolute Gasteiger partial charge is 0.478 e. The molecule has 0 aliphatic carbocycles. The van der Waals surface area contributed by atoms with E-state index in [0.29, 0.717) is 5.75 Å². The van der Waals surface area contributed by atoms with Gasteiger partial charge in [0, 0.05) is 4.90 Å². The van der Waals surface area contributed by atoms with Gasteiger partial charge in [0.15, 0.2) is 0 Å². The minimum Gasteiger partial charge on any atom is -0.449 e. The van der Waals surface area contributed by atoms with Crippen LogP contribution >= 0.6 is 11.8 Å². The number of halogens is 3. The first kappa shape index (κ1) is 11.5. The summed E-state index contributed by atoms with van der Waals surface area (Å²) >= 11 is 1.47. The fraction of sp³-hybridized carbons (Fsp3) is 0.333. The second-order valence-corrected chi connectivity index (χ2v) is 4.18. The molecule has 0 bridgehead atoms. The molecule has 0 saturated heterocycles. The zero-order chi connectivity index (χ0) is 10.4. The van der Waals surface area contributed by atoms with Gasteiger partial charge in [-0.3, -0.25) is 0 Å². The van der Waals surface area contributed by atoms with E-state index in [1.54, 1.807) is 0 Å². The van der Waals surface area contributed by atoms with E-state index < -0.39 is 13.3 Å². The van der Waals surface area contributed by atoms with Gasteiger partial charge in [-0.15, -0.1) is 11.8 Å². The summed E-state index contributed by atoms with van der Waals surface area (Å²) in [6.45, 7) is -4.60. The van der Waals surface area contributed by atoms with Gasteiger partial charge in [-0.1, -0.05) is 30.9 Å². The number of rotatable bonds is 5. The average molecular weight is 219 g/mol. The van der Waals surface area contributed by atoms with Crippen molar-refractivity contribution >= 4 is 18.7 Å². The van der Waals surface area contributed by atoms with Gasteiger partial charge in [-0.05, 0) is 17.9 Å². The second-order valence-electron chi connectivity index (χ2n) is 3.01. The van der Waals surface area contributed by atoms with Crippen molar-refractivity contribution in [1.82, 2.24) is 0 Å². The SMILES string of the molecule is F[B-](F)(F)CCCSc1ccccc1. The highest BCUT2D eigenvalue weighted by Gasteiger charge is 2.21. The van der Waals surface area contributed by atoms with Crippen LogP contribution in [0.1, 0.15) is 6.42 Å². The smallest absolute Gasteiger partial charge is 0.449 e. The van der Waals surface area contributed by atoms with Crippen LogP contribution in [0, 0.1) is 0 Å². The highest BCUT2D eigenvalue weighted by Crippen LogP contribution is 2.22. The fourth-order valence-electron chi connectivity index (χ4n) is 1.02. The van der Waals surface area contributed by atoms with E-state index >= 15 is 0 Å². The van der Waals surface area contributed by atoms with Gasteiger partial charge in [0.1, 0.15) is 0 Å². The maximum Gasteiger partial charge on any atom is 0.478 e. The third-order valence-electron chi connectivity index (χ3n) is 1.69. The highest BCUT2D eigenvalue weighted by atomic mass is 32.2. The van der Waals surface area contributed by atoms with Crippen molar-refractivity contribution in [2.24, 2.45) is 0 Å². The van der Waals surface area contributed by atoms with Crippen molar-refractivity contribution in [3.8, 4) is 0 Å². The van der Waals surface area contributed by atoms with E-state index in [-0.39, 0.29) is 6.42 Å². The summed E-state index contributed by atoms with van der Waals surface area (Å²) in [5.41, 5.74) is 0. The monoisotopic (exact) mass is 219 g/mol. The molecule has 1 aromatic carbocycles. The van der Waals surface area contributed by atoms with Gasteiger partial charge >= 0.3 is 6.98 Å². The average Bonchev–Trinajstić information content (AvgIpc) is 2.13. The third-order valence-corrected chi connectivity index (χ3v) is 2.79. The molecule has 0 atom stereocenters. The Morgan fingerprint density at radius 1 is 1.07 bits per heavy atom. The topological polar surface area (TPSA) is 0 Å². The molecule has 78 valence electrons. The lowest BCUT2D eigenvalue weighted by atomic mass is 9.85. The number of hydrogen-bond donors (Lipinski definition) is 0. The van der Waals surface area contributed by atoms with Crippen molar-refractivity contribution in [2.75, 3.05) is 5.75 Å². The zero-order valence-electron chi connectivity index (χ0n) is 7.63. The molecule has 0 saturated carbocycles. The van der Waals surface area contributed by atoms with Gasteiger partial charge in [-0.25, -0.2) is 0 Å². The second kappa shape index (κ2) is 5.34. The molecule has 0 nitrogen and oxygen atoms in total. The van der Waals surface area contributed by atoms with Gasteiger partial charge in [-0.2, -0.15) is 0 Å². The molecule has 0 radical (unpaired) electrons. The van der Waals surface area contributed by atoms with Crippen LogP contribution in [0.5, 0.6) is 0 Å². The van der Waals surface area contributed by atoms with Crippen LogP contribution in [0.2, 0.25) is 6.32 Å². The standard InChI is InChI=1S/C9H11BF3S/c11-10(12,13)7-4-8-14-9-5-2-1-3-6-9/h1-3,5-6H,4,7-8H2/q-1. The maximum atomic E-state index is 11.8. The summed E-state index contributed by atoms with van der Waals surface area (Å²) < 4.78 is 35.5. The number of thioether (sulfide) groups is 1. The maximum absolute atomic E-state index is 11.8. The Hall–Kier alpha value is -0.575. The lowest BCUT2D eigenvalue weighted by Gasteiger charge is -2.12. The molecule has 0 unspecified atom stereocenters. The van der Waals surface area contributed by atoms with Gasteiger partial charge in [0.2, 0.25) is 0 Å². The number of benzene rings is 1. The minimum atomic E-state index is -4.60. The highest BCUT2D eigenvalue weighted by molar-refractivity contribution is 7.99. The van der Waals surface area contributed by atoms with Crippen LogP contribution in [-0.4, -0.2) is 12.7 Å². The van der Waals surface area contributed by atoms with Crippen LogP contribution in [0.25, 0.3) is 0 Å². The summed E-state index contributed by atoms with van der Waals surface area (Å²) in [6.07, 6.45) is -0.414. The lowest BCUT2D eigenvalue weighted by Crippen LogP contribution is -2.13. The van der Waals surface area contributed by atoms with Crippen LogP contribution in [-0.2, 0) is 0 Å². The molecule has 5 heteroatoms. The summed E-state index contributed by atoms with van der Waals surface area (Å²) in [7, 11) is 0. The van der Waals surface area contributed by atoms with Crippen molar-refractivity contribution in [1.29, 1.82) is 0 Å². The molecular weight excluding hydrogens is 208 g/mol. The molecular formula is C9H11BF3S-. The molecule has 0 N–H and O–H groups in total. The third kappa shape index (κ3) is 5.22. The molecule has 1 rings (SSSR count). The molecule has 0 aliphatic heterocycles. The molecule has 1 aromatic rings. The van der Waals surface area contributed by atoms with Crippen LogP contribution < -0.4 is 0 Å². The zero-order valence-corrected chi connectivity index (χ0v) is 8.44. The first-order chi connectivity index (χ1) is 6.58. The first-order valence-electron chi connectivity index (χ1n) is 4.47. The molecule has 0 spiro atoms. The minimum absolute atomic E-state index is 0.211. The van der Waals surface area contributed by atoms with Crippen LogP contribution in [0.4, 0.5) is 12.9 Å². The molecule has 0 fully saturated rings. The number of hydrogen-bond acceptors (Lipinski definition) is 1. The summed E-state index contributed by atoms with van der Waals surface area (Å²) in [4.78, 5) is 1.03. The quantitative estimate of drug-likeness (QED) is 0.409. The molecule has 0 heterocycles. The lowest BCUT2D eigenvalue weighted by molar-refractivity contribution is 0.467. The Morgan fingerprint density at radius 3 is 2.29 bits per heavy atom. The predicted octanol–water partition coefficient (Wildman–Crippen LogP) is 4.02.